The number of hydrogen-bond acceptors (Lipinski definition) is 10. The summed E-state index contributed by atoms with van der Waals surface area (Å²) in [4.78, 5) is 49.7. The number of aryl methyl sites for hydroxylation is 1. The van der Waals surface area contributed by atoms with E-state index in [-0.39, 0.29) is 55.7 Å². The highest BCUT2D eigenvalue weighted by atomic mass is 35.5. The van der Waals surface area contributed by atoms with Crippen LogP contribution in [0.1, 0.15) is 62.4 Å². The first-order valence-corrected chi connectivity index (χ1v) is 14.3. The van der Waals surface area contributed by atoms with Crippen molar-refractivity contribution in [3.63, 3.8) is 0 Å². The van der Waals surface area contributed by atoms with Crippen LogP contribution in [0.15, 0.2) is 12.1 Å². The van der Waals surface area contributed by atoms with Crippen LogP contribution in [0.2, 0.25) is 5.28 Å². The number of carbonyl (C=O) groups excluding carboxylic acids is 2. The zero-order valence-corrected chi connectivity index (χ0v) is 25.5. The normalized spacial score (nSPS) is 20.2. The Morgan fingerprint density at radius 1 is 1.30 bits per heavy atom. The monoisotopic (exact) mass is 616 g/mol. The summed E-state index contributed by atoms with van der Waals surface area (Å²) in [5.74, 6) is -1.19. The van der Waals surface area contributed by atoms with Gasteiger partial charge in [-0.25, -0.2) is 14.2 Å². The second-order valence-corrected chi connectivity index (χ2v) is 12.2. The third-order valence-electron chi connectivity index (χ3n) is 7.86. The molecule has 230 valence electrons. The zero-order chi connectivity index (χ0) is 31.7. The molecule has 43 heavy (non-hydrogen) atoms. The molecule has 0 radical (unpaired) electrons. The number of fused-ring (bicyclic) bond motifs is 1. The molecule has 1 unspecified atom stereocenters. The van der Waals surface area contributed by atoms with E-state index in [1.807, 2.05) is 0 Å². The molecule has 0 N–H and O–H groups in total. The summed E-state index contributed by atoms with van der Waals surface area (Å²) in [6.45, 7) is 7.10. The topological polar surface area (TPSA) is 152 Å². The van der Waals surface area contributed by atoms with Gasteiger partial charge in [-0.3, -0.25) is 14.9 Å². The van der Waals surface area contributed by atoms with Crippen LogP contribution in [-0.4, -0.2) is 70.2 Å². The van der Waals surface area contributed by atoms with Gasteiger partial charge in [-0.2, -0.15) is 10.2 Å². The van der Waals surface area contributed by atoms with E-state index in [2.05, 4.69) is 16.0 Å². The van der Waals surface area contributed by atoms with E-state index in [4.69, 9.17) is 21.1 Å². The molecule has 1 aromatic carbocycles. The van der Waals surface area contributed by atoms with Crippen molar-refractivity contribution >= 4 is 35.2 Å². The lowest BCUT2D eigenvalue weighted by Gasteiger charge is -2.41. The fourth-order valence-corrected chi connectivity index (χ4v) is 6.14. The second kappa shape index (κ2) is 12.3. The fourth-order valence-electron chi connectivity index (χ4n) is 5.96. The largest absolute Gasteiger partial charge is 0.468 e. The van der Waals surface area contributed by atoms with Crippen LogP contribution in [0.4, 0.5) is 20.7 Å². The highest BCUT2D eigenvalue weighted by Crippen LogP contribution is 2.45. The molecule has 1 saturated heterocycles. The van der Waals surface area contributed by atoms with E-state index in [0.29, 0.717) is 29.5 Å². The van der Waals surface area contributed by atoms with E-state index >= 15 is 4.39 Å². The summed E-state index contributed by atoms with van der Waals surface area (Å²) < 4.78 is 25.9. The predicted octanol–water partition coefficient (Wildman–Crippen LogP) is 4.81. The third-order valence-corrected chi connectivity index (χ3v) is 8.03. The number of hydrogen-bond donors (Lipinski definition) is 0. The molecule has 1 fully saturated rings. The Hall–Kier alpha value is -4.05. The molecule has 1 aromatic heterocycles. The third kappa shape index (κ3) is 6.34. The number of esters is 1. The minimum Gasteiger partial charge on any atom is -0.468 e. The lowest BCUT2D eigenvalue weighted by molar-refractivity contribution is -0.385. The smallest absolute Gasteiger partial charge is 0.410 e. The molecule has 2 atom stereocenters. The molecule has 4 rings (SSSR count). The maximum absolute atomic E-state index is 15.2. The summed E-state index contributed by atoms with van der Waals surface area (Å²) >= 11 is 6.33. The summed E-state index contributed by atoms with van der Waals surface area (Å²) in [7, 11) is 1.22. The van der Waals surface area contributed by atoms with Gasteiger partial charge in [-0.1, -0.05) is 12.1 Å². The van der Waals surface area contributed by atoms with Gasteiger partial charge in [0.2, 0.25) is 11.1 Å². The molecular weight excluding hydrogens is 583 g/mol. The van der Waals surface area contributed by atoms with Gasteiger partial charge < -0.3 is 19.3 Å². The number of nitriles is 1. The summed E-state index contributed by atoms with van der Waals surface area (Å²) in [5.41, 5.74) is -1.57. The van der Waals surface area contributed by atoms with Crippen LogP contribution in [0.5, 0.6) is 0 Å². The minimum atomic E-state index is -1.45. The average molecular weight is 617 g/mol. The second-order valence-electron chi connectivity index (χ2n) is 11.8. The molecule has 2 aromatic rings. The van der Waals surface area contributed by atoms with Crippen LogP contribution in [0.25, 0.3) is 0 Å². The number of anilines is 1. The van der Waals surface area contributed by atoms with Crippen molar-refractivity contribution in [2.24, 2.45) is 0 Å². The van der Waals surface area contributed by atoms with Crippen molar-refractivity contribution in [1.29, 1.82) is 5.26 Å². The molecule has 2 heterocycles. The van der Waals surface area contributed by atoms with Crippen molar-refractivity contribution in [3.05, 3.63) is 55.7 Å². The number of aromatic nitrogens is 2. The summed E-state index contributed by atoms with van der Waals surface area (Å²) in [5, 5.41) is 21.8. The van der Waals surface area contributed by atoms with E-state index in [1.54, 1.807) is 44.7 Å². The first-order valence-electron chi connectivity index (χ1n) is 13.9. The quantitative estimate of drug-likeness (QED) is 0.191. The number of nitro groups is 1. The van der Waals surface area contributed by atoms with Crippen LogP contribution in [0, 0.1) is 34.2 Å². The van der Waals surface area contributed by atoms with Crippen LogP contribution < -0.4 is 4.90 Å². The number of halogens is 2. The van der Waals surface area contributed by atoms with Crippen LogP contribution in [0.3, 0.4) is 0 Å². The van der Waals surface area contributed by atoms with E-state index < -0.39 is 45.5 Å². The number of ether oxygens (including phenoxy) is 2. The maximum atomic E-state index is 15.2. The lowest BCUT2D eigenvalue weighted by Crippen LogP contribution is -2.56. The fraction of sp³-hybridized carbons (Fsp3) is 0.552. The minimum absolute atomic E-state index is 0.0376. The molecule has 0 spiro atoms. The Kier molecular flexibility index (Phi) is 9.11. The summed E-state index contributed by atoms with van der Waals surface area (Å²) in [6, 6.07) is 4.65. The lowest BCUT2D eigenvalue weighted by atomic mass is 9.67. The number of piperazine rings is 1. The number of benzene rings is 1. The first kappa shape index (κ1) is 31.9. The molecular formula is C29H34ClFN6O6. The van der Waals surface area contributed by atoms with Gasteiger partial charge in [0.15, 0.2) is 0 Å². The van der Waals surface area contributed by atoms with E-state index in [0.717, 1.165) is 0 Å². The Bertz CT molecular complexity index is 1490. The molecule has 1 amide bonds. The van der Waals surface area contributed by atoms with Crippen molar-refractivity contribution < 1.29 is 28.4 Å². The SMILES string of the molecule is COC(=O)C1(Cc2nc(Cl)nc(N3CCN(C(=O)OC(C)(C)C)[C@@H](CC#N)C3)c2[N+](=O)[O-])CCCc2c1ccc(C)c2F. The Morgan fingerprint density at radius 3 is 2.65 bits per heavy atom. The van der Waals surface area contributed by atoms with Gasteiger partial charge in [0.1, 0.15) is 17.1 Å². The molecule has 14 heteroatoms. The molecule has 12 nitrogen and oxygen atoms in total. The van der Waals surface area contributed by atoms with Crippen molar-refractivity contribution in [3.8, 4) is 6.07 Å². The molecule has 1 aliphatic heterocycles. The average Bonchev–Trinajstić information content (AvgIpc) is 2.93. The highest BCUT2D eigenvalue weighted by molar-refractivity contribution is 6.28. The van der Waals surface area contributed by atoms with E-state index in [1.165, 1.54) is 12.0 Å². The van der Waals surface area contributed by atoms with Gasteiger partial charge in [-0.15, -0.1) is 0 Å². The number of carbonyl (C=O) groups is 2. The molecule has 0 saturated carbocycles. The number of amides is 1. The molecule has 1 aliphatic carbocycles. The van der Waals surface area contributed by atoms with Gasteiger partial charge >= 0.3 is 17.7 Å². The van der Waals surface area contributed by atoms with Crippen LogP contribution >= 0.6 is 11.6 Å². The molecule has 2 aliphatic rings. The maximum Gasteiger partial charge on any atom is 0.410 e. The van der Waals surface area contributed by atoms with Gasteiger partial charge in [0.05, 0.1) is 36.0 Å². The number of rotatable bonds is 6. The van der Waals surface area contributed by atoms with Crippen molar-refractivity contribution in [2.45, 2.75) is 76.9 Å². The van der Waals surface area contributed by atoms with Crippen molar-refractivity contribution in [1.82, 2.24) is 14.9 Å². The van der Waals surface area contributed by atoms with Gasteiger partial charge in [0, 0.05) is 26.1 Å². The zero-order valence-electron chi connectivity index (χ0n) is 24.8. The Labute approximate surface area is 253 Å². The van der Waals surface area contributed by atoms with E-state index in [9.17, 15) is 25.0 Å². The van der Waals surface area contributed by atoms with Crippen LogP contribution in [-0.2, 0) is 32.5 Å². The number of nitrogens with zero attached hydrogens (tertiary/aromatic N) is 6. The van der Waals surface area contributed by atoms with Gasteiger partial charge in [-0.05, 0) is 75.2 Å². The Balaban J connectivity index is 1.78. The molecule has 0 bridgehead atoms. The van der Waals surface area contributed by atoms with Crippen molar-refractivity contribution in [2.75, 3.05) is 31.6 Å². The van der Waals surface area contributed by atoms with Gasteiger partial charge in [0.25, 0.3) is 0 Å². The first-order chi connectivity index (χ1) is 20.2. The standard InChI is InChI=1S/C29H34ClFN6O6/c1-17-8-9-20-19(22(17)31)7-6-11-29(20,25(38)42-5)15-21-23(37(40)41)24(34-26(30)33-21)35-13-14-36(18(16-35)10-12-32)27(39)43-28(2,3)4/h8-9,18H,6-7,10-11,13-16H2,1-5H3/t18-,29?/m0/s1. The Morgan fingerprint density at radius 2 is 2.02 bits per heavy atom. The number of methoxy groups -OCH3 is 1. The highest BCUT2D eigenvalue weighted by Gasteiger charge is 2.48. The summed E-state index contributed by atoms with van der Waals surface area (Å²) in [6.07, 6.45) is 0.179. The predicted molar refractivity (Wildman–Crippen MR) is 154 cm³/mol.